The van der Waals surface area contributed by atoms with Gasteiger partial charge >= 0.3 is 6.18 Å². The minimum atomic E-state index is -4.23. The van der Waals surface area contributed by atoms with Gasteiger partial charge in [0.25, 0.3) is 0 Å². The van der Waals surface area contributed by atoms with Crippen molar-refractivity contribution < 1.29 is 21.6 Å². The fourth-order valence-corrected chi connectivity index (χ4v) is 3.83. The van der Waals surface area contributed by atoms with Gasteiger partial charge in [-0.2, -0.15) is 13.2 Å². The molecule has 0 bridgehead atoms. The van der Waals surface area contributed by atoms with Crippen LogP contribution in [0, 0.1) is 0 Å². The number of nitrogens with one attached hydrogen (secondary N) is 1. The second kappa shape index (κ2) is 9.58. The number of aliphatic imine (C=N–C) groups is 1. The molecule has 150 valence electrons. The second-order valence-corrected chi connectivity index (χ2v) is 9.33. The molecule has 0 radical (unpaired) electrons. The van der Waals surface area contributed by atoms with Crippen LogP contribution in [0.2, 0.25) is 0 Å². The first-order valence-electron chi connectivity index (χ1n) is 7.89. The van der Waals surface area contributed by atoms with Crippen molar-refractivity contribution in [3.63, 3.8) is 0 Å². The summed E-state index contributed by atoms with van der Waals surface area (Å²) in [6.07, 6.45) is -4.23. The highest BCUT2D eigenvalue weighted by Gasteiger charge is 2.41. The SMILES string of the molecule is CCNC(=NCCN(C)CC(F)(F)F)N1CCS(=O)(=O)C(C)(C)C1.I. The Hall–Kier alpha value is -0.300. The van der Waals surface area contributed by atoms with Crippen molar-refractivity contribution in [3.8, 4) is 0 Å². The van der Waals surface area contributed by atoms with Crippen molar-refractivity contribution in [2.24, 2.45) is 4.99 Å². The van der Waals surface area contributed by atoms with E-state index in [1.54, 1.807) is 13.8 Å². The highest BCUT2D eigenvalue weighted by Crippen LogP contribution is 2.23. The molecule has 1 N–H and O–H groups in total. The Balaban J connectivity index is 0.00000576. The molecule has 0 amide bonds. The number of guanidine groups is 1. The molecule has 0 atom stereocenters. The van der Waals surface area contributed by atoms with Crippen LogP contribution in [0.5, 0.6) is 0 Å². The van der Waals surface area contributed by atoms with Gasteiger partial charge in [0.15, 0.2) is 15.8 Å². The molecule has 0 saturated carbocycles. The van der Waals surface area contributed by atoms with Crippen LogP contribution in [0.25, 0.3) is 0 Å². The number of halogens is 4. The Kier molecular flexibility index (Phi) is 9.47. The van der Waals surface area contributed by atoms with E-state index in [1.807, 2.05) is 11.8 Å². The summed E-state index contributed by atoms with van der Waals surface area (Å²) in [5.41, 5.74) is 0. The first kappa shape index (κ1) is 24.7. The van der Waals surface area contributed by atoms with Crippen LogP contribution < -0.4 is 5.32 Å². The summed E-state index contributed by atoms with van der Waals surface area (Å²) in [4.78, 5) is 7.37. The molecule has 0 aliphatic carbocycles. The number of rotatable bonds is 5. The molecule has 0 aromatic heterocycles. The first-order chi connectivity index (χ1) is 10.9. The average molecular weight is 500 g/mol. The van der Waals surface area contributed by atoms with Crippen LogP contribution in [-0.2, 0) is 9.84 Å². The number of nitrogens with zero attached hydrogens (tertiary/aromatic N) is 3. The normalized spacial score (nSPS) is 20.3. The molecular weight excluding hydrogens is 472 g/mol. The molecule has 1 heterocycles. The van der Waals surface area contributed by atoms with Crippen molar-refractivity contribution >= 4 is 39.8 Å². The Morgan fingerprint density at radius 3 is 2.44 bits per heavy atom. The summed E-state index contributed by atoms with van der Waals surface area (Å²) in [6.45, 7) is 5.87. The Labute approximate surface area is 165 Å². The summed E-state index contributed by atoms with van der Waals surface area (Å²) in [6, 6.07) is 0. The molecule has 11 heteroatoms. The van der Waals surface area contributed by atoms with Crippen molar-refractivity contribution in [1.82, 2.24) is 15.1 Å². The van der Waals surface area contributed by atoms with E-state index in [2.05, 4.69) is 10.3 Å². The van der Waals surface area contributed by atoms with Gasteiger partial charge in [-0.3, -0.25) is 9.89 Å². The zero-order valence-corrected chi connectivity index (χ0v) is 18.2. The number of sulfone groups is 1. The summed E-state index contributed by atoms with van der Waals surface area (Å²) < 4.78 is 60.2. The Morgan fingerprint density at radius 1 is 1.36 bits per heavy atom. The van der Waals surface area contributed by atoms with Gasteiger partial charge in [-0.05, 0) is 27.8 Å². The topological polar surface area (TPSA) is 65.0 Å². The number of alkyl halides is 3. The van der Waals surface area contributed by atoms with Gasteiger partial charge in [0.05, 0.1) is 23.6 Å². The molecule has 25 heavy (non-hydrogen) atoms. The summed E-state index contributed by atoms with van der Waals surface area (Å²) >= 11 is 0. The maximum absolute atomic E-state index is 12.3. The zero-order chi connectivity index (χ0) is 18.6. The third kappa shape index (κ3) is 7.85. The lowest BCUT2D eigenvalue weighted by atomic mass is 10.2. The molecule has 0 aromatic carbocycles. The molecule has 6 nitrogen and oxygen atoms in total. The maximum atomic E-state index is 12.3. The molecule has 0 unspecified atom stereocenters. The predicted octanol–water partition coefficient (Wildman–Crippen LogP) is 1.57. The monoisotopic (exact) mass is 500 g/mol. The van der Waals surface area contributed by atoms with Gasteiger partial charge in [-0.25, -0.2) is 8.42 Å². The van der Waals surface area contributed by atoms with Crippen LogP contribution in [-0.4, -0.2) is 87.2 Å². The lowest BCUT2D eigenvalue weighted by Gasteiger charge is -2.39. The van der Waals surface area contributed by atoms with Crippen molar-refractivity contribution in [3.05, 3.63) is 0 Å². The zero-order valence-electron chi connectivity index (χ0n) is 15.1. The average Bonchev–Trinajstić information content (AvgIpc) is 2.39. The molecule has 1 rings (SSSR count). The summed E-state index contributed by atoms with van der Waals surface area (Å²) in [5.74, 6) is 0.583. The maximum Gasteiger partial charge on any atom is 0.401 e. The first-order valence-corrected chi connectivity index (χ1v) is 9.54. The molecule has 1 fully saturated rings. The van der Waals surface area contributed by atoms with E-state index < -0.39 is 27.3 Å². The van der Waals surface area contributed by atoms with Gasteiger partial charge in [0, 0.05) is 26.2 Å². The van der Waals surface area contributed by atoms with Crippen molar-refractivity contribution in [2.75, 3.05) is 52.1 Å². The third-order valence-electron chi connectivity index (χ3n) is 3.87. The standard InChI is InChI=1S/C14H27F3N4O2S.HI/c1-5-18-12(19-6-7-20(4)11-14(15,16)17)21-8-9-24(22,23)13(2,3)10-21;/h5-11H2,1-4H3,(H,18,19);1H. The molecular formula is C14H28F3IN4O2S. The van der Waals surface area contributed by atoms with Gasteiger partial charge < -0.3 is 10.2 Å². The smallest absolute Gasteiger partial charge is 0.357 e. The quantitative estimate of drug-likeness (QED) is 0.353. The fraction of sp³-hybridized carbons (Fsp3) is 0.929. The van der Waals surface area contributed by atoms with Gasteiger partial charge in [0.1, 0.15) is 0 Å². The number of likely N-dealkylation sites (N-methyl/N-ethyl adjacent to an activating group) is 1. The highest BCUT2D eigenvalue weighted by atomic mass is 127. The van der Waals surface area contributed by atoms with Gasteiger partial charge in [-0.15, -0.1) is 24.0 Å². The molecule has 1 aliphatic heterocycles. The van der Waals surface area contributed by atoms with E-state index in [1.165, 1.54) is 7.05 Å². The molecule has 0 spiro atoms. The van der Waals surface area contributed by atoms with Crippen LogP contribution in [0.4, 0.5) is 13.2 Å². The third-order valence-corrected chi connectivity index (χ3v) is 6.40. The van der Waals surface area contributed by atoms with Crippen LogP contribution in [0.15, 0.2) is 4.99 Å². The fourth-order valence-electron chi connectivity index (χ4n) is 2.46. The number of hydrogen-bond donors (Lipinski definition) is 1. The largest absolute Gasteiger partial charge is 0.401 e. The highest BCUT2D eigenvalue weighted by molar-refractivity contribution is 14.0. The van der Waals surface area contributed by atoms with Gasteiger partial charge in [0.2, 0.25) is 0 Å². The van der Waals surface area contributed by atoms with E-state index in [0.29, 0.717) is 25.6 Å². The molecule has 1 aliphatic rings. The van der Waals surface area contributed by atoms with E-state index in [-0.39, 0.29) is 42.8 Å². The van der Waals surface area contributed by atoms with E-state index in [4.69, 9.17) is 0 Å². The predicted molar refractivity (Wildman–Crippen MR) is 104 cm³/mol. The van der Waals surface area contributed by atoms with Crippen LogP contribution >= 0.6 is 24.0 Å². The minimum absolute atomic E-state index is 0. The van der Waals surface area contributed by atoms with Crippen molar-refractivity contribution in [2.45, 2.75) is 31.7 Å². The van der Waals surface area contributed by atoms with Crippen LogP contribution in [0.1, 0.15) is 20.8 Å². The lowest BCUT2D eigenvalue weighted by Crippen LogP contribution is -2.57. The van der Waals surface area contributed by atoms with Crippen LogP contribution in [0.3, 0.4) is 0 Å². The lowest BCUT2D eigenvalue weighted by molar-refractivity contribution is -0.142. The molecule has 1 saturated heterocycles. The minimum Gasteiger partial charge on any atom is -0.357 e. The van der Waals surface area contributed by atoms with E-state index in [0.717, 1.165) is 4.90 Å². The second-order valence-electron chi connectivity index (χ2n) is 6.59. The van der Waals surface area contributed by atoms with Crippen molar-refractivity contribution in [1.29, 1.82) is 0 Å². The summed E-state index contributed by atoms with van der Waals surface area (Å²) in [7, 11) is -1.76. The van der Waals surface area contributed by atoms with Gasteiger partial charge in [-0.1, -0.05) is 0 Å². The Morgan fingerprint density at radius 2 is 1.96 bits per heavy atom. The summed E-state index contributed by atoms with van der Waals surface area (Å²) in [5, 5.41) is 3.08. The Bertz CT molecular complexity index is 553. The van der Waals surface area contributed by atoms with E-state index >= 15 is 0 Å². The van der Waals surface area contributed by atoms with E-state index in [9.17, 15) is 21.6 Å². The molecule has 0 aromatic rings. The number of hydrogen-bond acceptors (Lipinski definition) is 4.